The normalized spacial score (nSPS) is 17.4. The number of carbonyl (C=O) groups excluding carboxylic acids is 1. The molecule has 1 saturated heterocycles. The highest BCUT2D eigenvalue weighted by atomic mass is 32.1. The molecule has 1 aliphatic heterocycles. The van der Waals surface area contributed by atoms with E-state index in [1.165, 1.54) is 11.3 Å². The molecular formula is C13H19N3O3S. The molecule has 1 fully saturated rings. The molecule has 110 valence electrons. The van der Waals surface area contributed by atoms with E-state index in [1.807, 2.05) is 19.2 Å². The number of aliphatic carboxylic acids is 1. The molecule has 20 heavy (non-hydrogen) atoms. The van der Waals surface area contributed by atoms with Crippen molar-refractivity contribution in [1.82, 2.24) is 15.2 Å². The first-order chi connectivity index (χ1) is 9.31. The summed E-state index contributed by atoms with van der Waals surface area (Å²) < 4.78 is 0. The van der Waals surface area contributed by atoms with E-state index in [2.05, 4.69) is 10.3 Å². The summed E-state index contributed by atoms with van der Waals surface area (Å²) in [7, 11) is 0. The highest BCUT2D eigenvalue weighted by Crippen LogP contribution is 2.26. The largest absolute Gasteiger partial charge is 0.481 e. The van der Waals surface area contributed by atoms with Crippen molar-refractivity contribution in [2.24, 2.45) is 11.8 Å². The molecule has 2 rings (SSSR count). The number of amides is 2. The van der Waals surface area contributed by atoms with Gasteiger partial charge in [0.05, 0.1) is 11.5 Å². The number of nitrogens with zero attached hydrogens (tertiary/aromatic N) is 2. The number of carboxylic acids is 1. The lowest BCUT2D eigenvalue weighted by Crippen LogP contribution is -2.59. The smallest absolute Gasteiger partial charge is 0.318 e. The summed E-state index contributed by atoms with van der Waals surface area (Å²) in [4.78, 5) is 28.8. The molecule has 2 amide bonds. The number of hydrogen-bond acceptors (Lipinski definition) is 4. The van der Waals surface area contributed by atoms with E-state index in [0.29, 0.717) is 13.1 Å². The number of carbonyl (C=O) groups is 2. The lowest BCUT2D eigenvalue weighted by atomic mass is 9.87. The Morgan fingerprint density at radius 3 is 2.70 bits per heavy atom. The van der Waals surface area contributed by atoms with Crippen LogP contribution in [-0.4, -0.2) is 40.1 Å². The molecule has 0 aliphatic carbocycles. The number of carboxylic acid groups (broad SMARTS) is 1. The fourth-order valence-corrected chi connectivity index (χ4v) is 2.85. The van der Waals surface area contributed by atoms with E-state index in [9.17, 15) is 9.59 Å². The molecule has 6 nitrogen and oxygen atoms in total. The number of rotatable bonds is 4. The van der Waals surface area contributed by atoms with Crippen molar-refractivity contribution in [3.05, 3.63) is 16.6 Å². The predicted molar refractivity (Wildman–Crippen MR) is 75.5 cm³/mol. The molecule has 1 unspecified atom stereocenters. The first-order valence-electron chi connectivity index (χ1n) is 6.51. The van der Waals surface area contributed by atoms with Gasteiger partial charge in [0.1, 0.15) is 5.01 Å². The Labute approximate surface area is 121 Å². The van der Waals surface area contributed by atoms with Gasteiger partial charge in [0.15, 0.2) is 0 Å². The minimum absolute atomic E-state index is 0.0428. The summed E-state index contributed by atoms with van der Waals surface area (Å²) in [6, 6.07) is -0.168. The lowest BCUT2D eigenvalue weighted by Gasteiger charge is -2.42. The van der Waals surface area contributed by atoms with Gasteiger partial charge in [-0.2, -0.15) is 0 Å². The molecule has 0 saturated carbocycles. The van der Waals surface area contributed by atoms with Crippen LogP contribution < -0.4 is 5.32 Å². The standard InChI is InChI=1S/C13H19N3O3S/c1-8(10(17)18)9-6-16(7-9)12(19)15-13(2,3)11-14-4-5-20-11/h4-5,8-9H,6-7H2,1-3H3,(H,15,19)(H,17,18). The maximum absolute atomic E-state index is 12.1. The Balaban J connectivity index is 1.87. The lowest BCUT2D eigenvalue weighted by molar-refractivity contribution is -0.144. The number of aromatic nitrogens is 1. The van der Waals surface area contributed by atoms with E-state index in [-0.39, 0.29) is 11.9 Å². The molecule has 2 heterocycles. The highest BCUT2D eigenvalue weighted by Gasteiger charge is 2.38. The minimum Gasteiger partial charge on any atom is -0.481 e. The van der Waals surface area contributed by atoms with Gasteiger partial charge in [-0.1, -0.05) is 6.92 Å². The van der Waals surface area contributed by atoms with E-state index >= 15 is 0 Å². The van der Waals surface area contributed by atoms with Gasteiger partial charge in [0, 0.05) is 30.6 Å². The topological polar surface area (TPSA) is 82.5 Å². The Morgan fingerprint density at radius 1 is 1.55 bits per heavy atom. The third-order valence-electron chi connectivity index (χ3n) is 3.68. The van der Waals surface area contributed by atoms with Gasteiger partial charge in [-0.05, 0) is 13.8 Å². The molecular weight excluding hydrogens is 278 g/mol. The minimum atomic E-state index is -0.807. The first kappa shape index (κ1) is 14.8. The average molecular weight is 297 g/mol. The molecule has 0 radical (unpaired) electrons. The van der Waals surface area contributed by atoms with E-state index < -0.39 is 17.4 Å². The van der Waals surface area contributed by atoms with Crippen LogP contribution in [0, 0.1) is 11.8 Å². The SMILES string of the molecule is CC(C(=O)O)C1CN(C(=O)NC(C)(C)c2nccs2)C1. The van der Waals surface area contributed by atoms with Crippen LogP contribution in [0.15, 0.2) is 11.6 Å². The second kappa shape index (κ2) is 5.40. The zero-order valence-electron chi connectivity index (χ0n) is 11.8. The Hall–Kier alpha value is -1.63. The molecule has 0 aromatic carbocycles. The van der Waals surface area contributed by atoms with Crippen molar-refractivity contribution >= 4 is 23.3 Å². The molecule has 7 heteroatoms. The van der Waals surface area contributed by atoms with Crippen LogP contribution in [0.25, 0.3) is 0 Å². The number of thiazole rings is 1. The van der Waals surface area contributed by atoms with E-state index in [0.717, 1.165) is 5.01 Å². The van der Waals surface area contributed by atoms with E-state index in [4.69, 9.17) is 5.11 Å². The van der Waals surface area contributed by atoms with Crippen molar-refractivity contribution in [1.29, 1.82) is 0 Å². The van der Waals surface area contributed by atoms with Gasteiger partial charge in [-0.25, -0.2) is 9.78 Å². The molecule has 1 aliphatic rings. The van der Waals surface area contributed by atoms with Crippen LogP contribution >= 0.6 is 11.3 Å². The van der Waals surface area contributed by atoms with Crippen molar-refractivity contribution in [2.75, 3.05) is 13.1 Å². The third-order valence-corrected chi connectivity index (χ3v) is 4.78. The average Bonchev–Trinajstić information content (AvgIpc) is 2.79. The highest BCUT2D eigenvalue weighted by molar-refractivity contribution is 7.09. The third kappa shape index (κ3) is 2.92. The Bertz CT molecular complexity index is 495. The summed E-state index contributed by atoms with van der Waals surface area (Å²) in [5, 5.41) is 14.6. The van der Waals surface area contributed by atoms with Gasteiger partial charge in [0.2, 0.25) is 0 Å². The van der Waals surface area contributed by atoms with Crippen LogP contribution in [0.3, 0.4) is 0 Å². The number of hydrogen-bond donors (Lipinski definition) is 2. The fourth-order valence-electron chi connectivity index (χ4n) is 2.13. The van der Waals surface area contributed by atoms with Crippen LogP contribution in [0.5, 0.6) is 0 Å². The number of nitrogens with one attached hydrogen (secondary N) is 1. The monoisotopic (exact) mass is 297 g/mol. The zero-order valence-corrected chi connectivity index (χ0v) is 12.6. The van der Waals surface area contributed by atoms with Gasteiger partial charge in [-0.15, -0.1) is 11.3 Å². The fraction of sp³-hybridized carbons (Fsp3) is 0.615. The summed E-state index contributed by atoms with van der Waals surface area (Å²) in [5.74, 6) is -1.18. The number of urea groups is 1. The van der Waals surface area contributed by atoms with Crippen molar-refractivity contribution in [2.45, 2.75) is 26.3 Å². The van der Waals surface area contributed by atoms with Gasteiger partial charge in [-0.3, -0.25) is 4.79 Å². The quantitative estimate of drug-likeness (QED) is 0.887. The molecule has 1 atom stereocenters. The molecule has 1 aromatic heterocycles. The van der Waals surface area contributed by atoms with E-state index in [1.54, 1.807) is 18.0 Å². The van der Waals surface area contributed by atoms with Gasteiger partial charge >= 0.3 is 12.0 Å². The number of likely N-dealkylation sites (tertiary alicyclic amines) is 1. The second-order valence-electron chi connectivity index (χ2n) is 5.68. The van der Waals surface area contributed by atoms with Crippen LogP contribution in [0.4, 0.5) is 4.79 Å². The Kier molecular flexibility index (Phi) is 3.99. The van der Waals surface area contributed by atoms with Gasteiger partial charge in [0.25, 0.3) is 0 Å². The predicted octanol–water partition coefficient (Wildman–Crippen LogP) is 1.74. The van der Waals surface area contributed by atoms with Crippen molar-refractivity contribution in [3.8, 4) is 0 Å². The summed E-state index contributed by atoms with van der Waals surface area (Å²) in [6.07, 6.45) is 1.71. The zero-order chi connectivity index (χ0) is 14.9. The molecule has 1 aromatic rings. The second-order valence-corrected chi connectivity index (χ2v) is 6.58. The summed E-state index contributed by atoms with van der Waals surface area (Å²) in [6.45, 7) is 6.48. The molecule has 0 bridgehead atoms. The van der Waals surface area contributed by atoms with Crippen molar-refractivity contribution in [3.63, 3.8) is 0 Å². The Morgan fingerprint density at radius 2 is 2.20 bits per heavy atom. The maximum atomic E-state index is 12.1. The van der Waals surface area contributed by atoms with Crippen LogP contribution in [-0.2, 0) is 10.3 Å². The van der Waals surface area contributed by atoms with Gasteiger partial charge < -0.3 is 15.3 Å². The summed E-state index contributed by atoms with van der Waals surface area (Å²) in [5.41, 5.74) is -0.519. The van der Waals surface area contributed by atoms with Crippen molar-refractivity contribution < 1.29 is 14.7 Å². The first-order valence-corrected chi connectivity index (χ1v) is 7.39. The van der Waals surface area contributed by atoms with Crippen LogP contribution in [0.1, 0.15) is 25.8 Å². The molecule has 0 spiro atoms. The van der Waals surface area contributed by atoms with Crippen LogP contribution in [0.2, 0.25) is 0 Å². The maximum Gasteiger partial charge on any atom is 0.318 e. The molecule has 2 N–H and O–H groups in total. The summed E-state index contributed by atoms with van der Waals surface area (Å²) >= 11 is 1.50.